The highest BCUT2D eigenvalue weighted by Gasteiger charge is 2.43. The minimum atomic E-state index is -4.51. The lowest BCUT2D eigenvalue weighted by Crippen LogP contribution is -2.47. The van der Waals surface area contributed by atoms with Crippen LogP contribution in [0.3, 0.4) is 0 Å². The van der Waals surface area contributed by atoms with E-state index in [1.165, 1.54) is 23.6 Å². The number of piperidine rings is 1. The van der Waals surface area contributed by atoms with Crippen LogP contribution in [-0.4, -0.2) is 49.6 Å². The molecule has 6 nitrogen and oxygen atoms in total. The summed E-state index contributed by atoms with van der Waals surface area (Å²) in [7, 11) is 0. The monoisotopic (exact) mass is 460 g/mol. The van der Waals surface area contributed by atoms with E-state index in [0.717, 1.165) is 24.3 Å². The quantitative estimate of drug-likeness (QED) is 0.590. The number of hydrogen-bond acceptors (Lipinski definition) is 5. The van der Waals surface area contributed by atoms with Crippen LogP contribution in [0.4, 0.5) is 17.6 Å². The lowest BCUT2D eigenvalue weighted by atomic mass is 9.84. The largest absolute Gasteiger partial charge is 0.416 e. The third-order valence-corrected chi connectivity index (χ3v) is 5.79. The Labute approximate surface area is 186 Å². The minimum Gasteiger partial charge on any atom is -0.385 e. The highest BCUT2D eigenvalue weighted by atomic mass is 19.4. The molecular formula is C23H20F4N4O2. The molecule has 1 aromatic carbocycles. The van der Waals surface area contributed by atoms with E-state index in [-0.39, 0.29) is 37.4 Å². The molecule has 0 unspecified atom stereocenters. The molecular weight excluding hydrogens is 440 g/mol. The Morgan fingerprint density at radius 3 is 2.33 bits per heavy atom. The first kappa shape index (κ1) is 22.8. The van der Waals surface area contributed by atoms with Crippen LogP contribution in [0.5, 0.6) is 0 Å². The molecule has 1 fully saturated rings. The van der Waals surface area contributed by atoms with Crippen LogP contribution in [0, 0.1) is 0 Å². The summed E-state index contributed by atoms with van der Waals surface area (Å²) in [6, 6.07) is 8.65. The fourth-order valence-corrected chi connectivity index (χ4v) is 3.89. The zero-order valence-corrected chi connectivity index (χ0v) is 17.3. The fourth-order valence-electron chi connectivity index (χ4n) is 3.89. The topological polar surface area (TPSA) is 79.2 Å². The number of aliphatic hydroxyl groups excluding tert-OH is 1. The Bertz CT molecular complexity index is 1120. The van der Waals surface area contributed by atoms with Crippen molar-refractivity contribution in [3.63, 3.8) is 0 Å². The van der Waals surface area contributed by atoms with Gasteiger partial charge in [-0.05, 0) is 35.9 Å². The molecule has 10 heteroatoms. The zero-order valence-electron chi connectivity index (χ0n) is 17.3. The van der Waals surface area contributed by atoms with Crippen LogP contribution < -0.4 is 0 Å². The zero-order chi connectivity index (χ0) is 23.6. The van der Waals surface area contributed by atoms with Gasteiger partial charge in [-0.25, -0.2) is 14.4 Å². The third-order valence-electron chi connectivity index (χ3n) is 5.79. The normalized spacial score (nSPS) is 16.9. The van der Waals surface area contributed by atoms with Gasteiger partial charge in [0.2, 0.25) is 0 Å². The highest BCUT2D eigenvalue weighted by Crippen LogP contribution is 2.40. The maximum Gasteiger partial charge on any atom is 0.416 e. The molecule has 3 heterocycles. The highest BCUT2D eigenvalue weighted by molar-refractivity contribution is 5.99. The smallest absolute Gasteiger partial charge is 0.385 e. The Morgan fingerprint density at radius 1 is 1.03 bits per heavy atom. The van der Waals surface area contributed by atoms with E-state index in [2.05, 4.69) is 15.0 Å². The van der Waals surface area contributed by atoms with Gasteiger partial charge in [-0.3, -0.25) is 9.78 Å². The Kier molecular flexibility index (Phi) is 6.11. The standard InChI is InChI=1S/C23H20F4N4O2/c24-22(20(32)15-3-5-16(6-4-15)23(25,26)27)8-12-31(13-9-22)21(33)17-2-1-10-29-19(17)18-7-11-28-14-30-18/h1-7,10-11,14,20,32H,8-9,12-13H2/t20-/m1/s1. The van der Waals surface area contributed by atoms with Crippen LogP contribution in [0.15, 0.2) is 61.2 Å². The molecule has 0 bridgehead atoms. The summed E-state index contributed by atoms with van der Waals surface area (Å²) in [6.07, 6.45) is -2.02. The number of aromatic nitrogens is 3. The van der Waals surface area contributed by atoms with Crippen molar-refractivity contribution in [2.24, 2.45) is 0 Å². The molecule has 1 saturated heterocycles. The second-order valence-electron chi connectivity index (χ2n) is 7.84. The number of halogens is 4. The number of benzene rings is 1. The van der Waals surface area contributed by atoms with Gasteiger partial charge in [0.15, 0.2) is 0 Å². The first-order valence-electron chi connectivity index (χ1n) is 10.2. The lowest BCUT2D eigenvalue weighted by molar-refractivity contribution is -0.137. The van der Waals surface area contributed by atoms with Crippen molar-refractivity contribution in [2.45, 2.75) is 30.8 Å². The number of likely N-dealkylation sites (tertiary alicyclic amines) is 1. The van der Waals surface area contributed by atoms with E-state index in [1.807, 2.05) is 0 Å². The number of rotatable bonds is 4. The number of amides is 1. The molecule has 3 aromatic rings. The van der Waals surface area contributed by atoms with E-state index >= 15 is 4.39 Å². The van der Waals surface area contributed by atoms with E-state index in [1.54, 1.807) is 18.2 Å². The molecule has 0 saturated carbocycles. The summed E-state index contributed by atoms with van der Waals surface area (Å²) in [5, 5.41) is 10.5. The third kappa shape index (κ3) is 4.70. The van der Waals surface area contributed by atoms with E-state index in [0.29, 0.717) is 17.0 Å². The average molecular weight is 460 g/mol. The molecule has 33 heavy (non-hydrogen) atoms. The number of alkyl halides is 4. The van der Waals surface area contributed by atoms with Gasteiger partial charge < -0.3 is 10.0 Å². The lowest BCUT2D eigenvalue weighted by Gasteiger charge is -2.39. The molecule has 172 valence electrons. The number of carbonyl (C=O) groups excluding carboxylic acids is 1. The van der Waals surface area contributed by atoms with Crippen molar-refractivity contribution in [3.05, 3.63) is 77.9 Å². The molecule has 4 rings (SSSR count). The Hall–Kier alpha value is -3.40. The number of nitrogens with zero attached hydrogens (tertiary/aromatic N) is 4. The van der Waals surface area contributed by atoms with Crippen molar-refractivity contribution < 1.29 is 27.5 Å². The van der Waals surface area contributed by atoms with Gasteiger partial charge in [-0.15, -0.1) is 0 Å². The maximum absolute atomic E-state index is 15.5. The Morgan fingerprint density at radius 2 is 1.73 bits per heavy atom. The van der Waals surface area contributed by atoms with Crippen LogP contribution in [-0.2, 0) is 6.18 Å². The van der Waals surface area contributed by atoms with Crippen LogP contribution in [0.25, 0.3) is 11.4 Å². The van der Waals surface area contributed by atoms with Crippen LogP contribution >= 0.6 is 0 Å². The second kappa shape index (κ2) is 8.86. The van der Waals surface area contributed by atoms with Crippen molar-refractivity contribution >= 4 is 5.91 Å². The van der Waals surface area contributed by atoms with E-state index in [4.69, 9.17) is 0 Å². The summed E-state index contributed by atoms with van der Waals surface area (Å²) in [6.45, 7) is 0.0657. The molecule has 0 spiro atoms. The number of pyridine rings is 1. The summed E-state index contributed by atoms with van der Waals surface area (Å²) < 4.78 is 53.8. The van der Waals surface area contributed by atoms with Gasteiger partial charge >= 0.3 is 6.18 Å². The van der Waals surface area contributed by atoms with E-state index in [9.17, 15) is 23.1 Å². The average Bonchev–Trinajstić information content (AvgIpc) is 2.84. The first-order valence-corrected chi connectivity index (χ1v) is 10.2. The molecule has 1 aliphatic heterocycles. The van der Waals surface area contributed by atoms with Gasteiger partial charge in [0.05, 0.1) is 16.8 Å². The number of aliphatic hydroxyl groups is 1. The summed E-state index contributed by atoms with van der Waals surface area (Å²) in [4.78, 5) is 26.8. The van der Waals surface area contributed by atoms with Crippen molar-refractivity contribution in [2.75, 3.05) is 13.1 Å². The van der Waals surface area contributed by atoms with Crippen LogP contribution in [0.1, 0.15) is 40.4 Å². The molecule has 0 radical (unpaired) electrons. The Balaban J connectivity index is 1.47. The SMILES string of the molecule is O=C(c1cccnc1-c1ccncn1)N1CCC(F)([C@H](O)c2ccc(C(F)(F)F)cc2)CC1. The second-order valence-corrected chi connectivity index (χ2v) is 7.84. The summed E-state index contributed by atoms with van der Waals surface area (Å²) in [5.41, 5.74) is -1.71. The van der Waals surface area contributed by atoms with Crippen molar-refractivity contribution in [1.29, 1.82) is 0 Å². The fraction of sp³-hybridized carbons (Fsp3) is 0.304. The van der Waals surface area contributed by atoms with E-state index < -0.39 is 23.5 Å². The molecule has 2 aromatic heterocycles. The molecule has 0 aliphatic carbocycles. The molecule has 1 aliphatic rings. The van der Waals surface area contributed by atoms with Gasteiger partial charge in [-0.1, -0.05) is 12.1 Å². The maximum atomic E-state index is 15.5. The number of carbonyl (C=O) groups is 1. The first-order chi connectivity index (χ1) is 15.7. The van der Waals surface area contributed by atoms with Gasteiger partial charge in [0.25, 0.3) is 5.91 Å². The summed E-state index contributed by atoms with van der Waals surface area (Å²) in [5.74, 6) is -0.345. The molecule has 1 atom stereocenters. The van der Waals surface area contributed by atoms with Gasteiger partial charge in [0.1, 0.15) is 23.8 Å². The predicted octanol–water partition coefficient (Wildman–Crippen LogP) is 4.24. The van der Waals surface area contributed by atoms with Crippen LogP contribution in [0.2, 0.25) is 0 Å². The predicted molar refractivity (Wildman–Crippen MR) is 111 cm³/mol. The summed E-state index contributed by atoms with van der Waals surface area (Å²) >= 11 is 0. The van der Waals surface area contributed by atoms with Gasteiger partial charge in [0, 0.05) is 38.3 Å². The number of hydrogen-bond donors (Lipinski definition) is 1. The van der Waals surface area contributed by atoms with Crippen molar-refractivity contribution in [3.8, 4) is 11.4 Å². The molecule has 1 amide bonds. The van der Waals surface area contributed by atoms with Gasteiger partial charge in [-0.2, -0.15) is 13.2 Å². The molecule has 1 N–H and O–H groups in total. The van der Waals surface area contributed by atoms with Crippen molar-refractivity contribution in [1.82, 2.24) is 19.9 Å². The minimum absolute atomic E-state index is 0.0329.